The number of furan rings is 1. The van der Waals surface area contributed by atoms with Crippen molar-refractivity contribution in [2.45, 2.75) is 32.4 Å². The molecule has 3 rings (SSSR count). The molecule has 6 heteroatoms. The topological polar surface area (TPSA) is 70.4 Å². The SMILES string of the molecule is Cc1ccc(CNC(=O)NCC(c2ccco2)N2CCCC2)cn1. The first-order chi connectivity index (χ1) is 11.7. The van der Waals surface area contributed by atoms with Crippen LogP contribution in [0.3, 0.4) is 0 Å². The summed E-state index contributed by atoms with van der Waals surface area (Å²) in [5, 5.41) is 5.83. The van der Waals surface area contributed by atoms with E-state index in [9.17, 15) is 4.79 Å². The fourth-order valence-electron chi connectivity index (χ4n) is 2.98. The Morgan fingerprint density at radius 2 is 2.12 bits per heavy atom. The van der Waals surface area contributed by atoms with Gasteiger partial charge in [0, 0.05) is 25.0 Å². The Kier molecular flexibility index (Phi) is 5.48. The van der Waals surface area contributed by atoms with Crippen molar-refractivity contribution in [2.24, 2.45) is 0 Å². The van der Waals surface area contributed by atoms with Crippen LogP contribution in [0.15, 0.2) is 41.1 Å². The lowest BCUT2D eigenvalue weighted by atomic mass is 10.2. The van der Waals surface area contributed by atoms with Crippen LogP contribution in [-0.4, -0.2) is 35.5 Å². The Morgan fingerprint density at radius 3 is 2.79 bits per heavy atom. The molecule has 1 aliphatic rings. The lowest BCUT2D eigenvalue weighted by Gasteiger charge is -2.26. The van der Waals surface area contributed by atoms with Crippen LogP contribution < -0.4 is 10.6 Å². The fourth-order valence-corrected chi connectivity index (χ4v) is 2.98. The molecular formula is C18H24N4O2. The standard InChI is InChI=1S/C18H24N4O2/c1-14-6-7-15(11-19-14)12-20-18(23)21-13-16(17-5-4-10-24-17)22-8-2-3-9-22/h4-7,10-11,16H,2-3,8-9,12-13H2,1H3,(H2,20,21,23). The molecular weight excluding hydrogens is 304 g/mol. The summed E-state index contributed by atoms with van der Waals surface area (Å²) in [7, 11) is 0. The minimum absolute atomic E-state index is 0.0919. The molecule has 0 aromatic carbocycles. The lowest BCUT2D eigenvalue weighted by molar-refractivity contribution is 0.203. The van der Waals surface area contributed by atoms with Gasteiger partial charge in [0.15, 0.2) is 0 Å². The lowest BCUT2D eigenvalue weighted by Crippen LogP contribution is -2.41. The highest BCUT2D eigenvalue weighted by Gasteiger charge is 2.25. The Morgan fingerprint density at radius 1 is 1.29 bits per heavy atom. The smallest absolute Gasteiger partial charge is 0.315 e. The Balaban J connectivity index is 1.50. The number of nitrogens with one attached hydrogen (secondary N) is 2. The van der Waals surface area contributed by atoms with E-state index in [4.69, 9.17) is 4.42 Å². The molecule has 1 fully saturated rings. The molecule has 128 valence electrons. The van der Waals surface area contributed by atoms with Gasteiger partial charge in [0.2, 0.25) is 0 Å². The van der Waals surface area contributed by atoms with Crippen LogP contribution in [-0.2, 0) is 6.54 Å². The number of urea groups is 1. The van der Waals surface area contributed by atoms with Crippen molar-refractivity contribution in [3.63, 3.8) is 0 Å². The minimum Gasteiger partial charge on any atom is -0.468 e. The average molecular weight is 328 g/mol. The van der Waals surface area contributed by atoms with Gasteiger partial charge in [-0.15, -0.1) is 0 Å². The van der Waals surface area contributed by atoms with E-state index in [-0.39, 0.29) is 12.1 Å². The highest BCUT2D eigenvalue weighted by Crippen LogP contribution is 2.24. The predicted octanol–water partition coefficient (Wildman–Crippen LogP) is 2.62. The minimum atomic E-state index is -0.175. The monoisotopic (exact) mass is 328 g/mol. The van der Waals surface area contributed by atoms with Crippen LogP contribution in [0.2, 0.25) is 0 Å². The first-order valence-electron chi connectivity index (χ1n) is 8.43. The Hall–Kier alpha value is -2.34. The van der Waals surface area contributed by atoms with Crippen LogP contribution in [0.4, 0.5) is 4.79 Å². The quantitative estimate of drug-likeness (QED) is 0.855. The van der Waals surface area contributed by atoms with Gasteiger partial charge in [-0.1, -0.05) is 6.07 Å². The van der Waals surface area contributed by atoms with Gasteiger partial charge in [0.1, 0.15) is 5.76 Å². The molecule has 1 aliphatic heterocycles. The van der Waals surface area contributed by atoms with Crippen LogP contribution in [0.1, 0.15) is 35.9 Å². The van der Waals surface area contributed by atoms with E-state index in [0.29, 0.717) is 13.1 Å². The zero-order valence-corrected chi connectivity index (χ0v) is 14.0. The maximum atomic E-state index is 12.1. The van der Waals surface area contributed by atoms with Crippen molar-refractivity contribution < 1.29 is 9.21 Å². The maximum Gasteiger partial charge on any atom is 0.315 e. The zero-order valence-electron chi connectivity index (χ0n) is 14.0. The number of nitrogens with zero attached hydrogens (tertiary/aromatic N) is 2. The molecule has 2 amide bonds. The molecule has 24 heavy (non-hydrogen) atoms. The third kappa shape index (κ3) is 4.35. The molecule has 0 radical (unpaired) electrons. The van der Waals surface area contributed by atoms with Crippen molar-refractivity contribution in [1.29, 1.82) is 0 Å². The van der Waals surface area contributed by atoms with Crippen molar-refractivity contribution in [3.8, 4) is 0 Å². The molecule has 1 unspecified atom stereocenters. The summed E-state index contributed by atoms with van der Waals surface area (Å²) in [5.41, 5.74) is 1.95. The summed E-state index contributed by atoms with van der Waals surface area (Å²) in [6, 6.07) is 7.69. The van der Waals surface area contributed by atoms with Gasteiger partial charge in [0.05, 0.1) is 12.3 Å². The molecule has 3 heterocycles. The highest BCUT2D eigenvalue weighted by molar-refractivity contribution is 5.73. The Bertz CT molecular complexity index is 634. The number of carbonyl (C=O) groups is 1. The van der Waals surface area contributed by atoms with Gasteiger partial charge in [-0.3, -0.25) is 9.88 Å². The number of aryl methyl sites for hydroxylation is 1. The molecule has 1 atom stereocenters. The number of aromatic nitrogens is 1. The number of carbonyl (C=O) groups excluding carboxylic acids is 1. The van der Waals surface area contributed by atoms with Gasteiger partial charge in [0.25, 0.3) is 0 Å². The number of hydrogen-bond donors (Lipinski definition) is 2. The second-order valence-corrected chi connectivity index (χ2v) is 6.15. The van der Waals surface area contributed by atoms with Crippen LogP contribution in [0, 0.1) is 6.92 Å². The fraction of sp³-hybridized carbons (Fsp3) is 0.444. The molecule has 0 aliphatic carbocycles. The third-order valence-corrected chi connectivity index (χ3v) is 4.33. The summed E-state index contributed by atoms with van der Waals surface area (Å²) in [6.45, 7) is 5.03. The maximum absolute atomic E-state index is 12.1. The predicted molar refractivity (Wildman–Crippen MR) is 91.5 cm³/mol. The van der Waals surface area contributed by atoms with Crippen molar-refractivity contribution in [3.05, 3.63) is 53.7 Å². The van der Waals surface area contributed by atoms with E-state index in [1.54, 1.807) is 12.5 Å². The van der Waals surface area contributed by atoms with E-state index in [0.717, 1.165) is 30.1 Å². The van der Waals surface area contributed by atoms with E-state index < -0.39 is 0 Å². The van der Waals surface area contributed by atoms with Gasteiger partial charge >= 0.3 is 6.03 Å². The summed E-state index contributed by atoms with van der Waals surface area (Å²) in [4.78, 5) is 18.7. The number of amides is 2. The first kappa shape index (κ1) is 16.5. The van der Waals surface area contributed by atoms with E-state index in [2.05, 4.69) is 20.5 Å². The highest BCUT2D eigenvalue weighted by atomic mass is 16.3. The molecule has 2 aromatic rings. The van der Waals surface area contributed by atoms with Crippen molar-refractivity contribution in [1.82, 2.24) is 20.5 Å². The van der Waals surface area contributed by atoms with Gasteiger partial charge in [-0.25, -0.2) is 4.79 Å². The molecule has 0 spiro atoms. The summed E-state index contributed by atoms with van der Waals surface area (Å²) >= 11 is 0. The average Bonchev–Trinajstić information content (AvgIpc) is 3.29. The number of rotatable bonds is 6. The van der Waals surface area contributed by atoms with Gasteiger partial charge < -0.3 is 15.1 Å². The molecule has 6 nitrogen and oxygen atoms in total. The molecule has 1 saturated heterocycles. The Labute approximate surface area is 142 Å². The summed E-state index contributed by atoms with van der Waals surface area (Å²) < 4.78 is 5.56. The molecule has 2 aromatic heterocycles. The van der Waals surface area contributed by atoms with E-state index >= 15 is 0 Å². The normalized spacial score (nSPS) is 16.0. The summed E-state index contributed by atoms with van der Waals surface area (Å²) in [6.07, 6.45) is 5.86. The van der Waals surface area contributed by atoms with Crippen LogP contribution >= 0.6 is 0 Å². The largest absolute Gasteiger partial charge is 0.468 e. The van der Waals surface area contributed by atoms with Crippen molar-refractivity contribution in [2.75, 3.05) is 19.6 Å². The van der Waals surface area contributed by atoms with E-state index in [1.807, 2.05) is 31.2 Å². The van der Waals surface area contributed by atoms with E-state index in [1.165, 1.54) is 12.8 Å². The number of hydrogen-bond acceptors (Lipinski definition) is 4. The zero-order chi connectivity index (χ0) is 16.8. The number of pyridine rings is 1. The number of likely N-dealkylation sites (tertiary alicyclic amines) is 1. The second-order valence-electron chi connectivity index (χ2n) is 6.15. The molecule has 2 N–H and O–H groups in total. The van der Waals surface area contributed by atoms with Gasteiger partial charge in [-0.2, -0.15) is 0 Å². The second kappa shape index (κ2) is 7.97. The van der Waals surface area contributed by atoms with Crippen LogP contribution in [0.25, 0.3) is 0 Å². The molecule has 0 saturated carbocycles. The van der Waals surface area contributed by atoms with Crippen LogP contribution in [0.5, 0.6) is 0 Å². The van der Waals surface area contributed by atoms with Gasteiger partial charge in [-0.05, 0) is 56.6 Å². The first-order valence-corrected chi connectivity index (χ1v) is 8.43. The van der Waals surface area contributed by atoms with Crippen molar-refractivity contribution >= 4 is 6.03 Å². The molecule has 0 bridgehead atoms. The third-order valence-electron chi connectivity index (χ3n) is 4.33. The summed E-state index contributed by atoms with van der Waals surface area (Å²) in [5.74, 6) is 0.903.